The minimum atomic E-state index is -0.853. The van der Waals surface area contributed by atoms with E-state index in [0.717, 1.165) is 17.4 Å². The van der Waals surface area contributed by atoms with E-state index in [1.54, 1.807) is 13.2 Å². The SMILES string of the molecule is COc1ccc(CC(CO)Cc2ccc(F)c(F)c2)cc1. The fourth-order valence-corrected chi connectivity index (χ4v) is 2.30. The van der Waals surface area contributed by atoms with E-state index in [4.69, 9.17) is 4.74 Å². The average Bonchev–Trinajstić information content (AvgIpc) is 2.51. The van der Waals surface area contributed by atoms with E-state index in [2.05, 4.69) is 0 Å². The Morgan fingerprint density at radius 3 is 2.14 bits per heavy atom. The molecular weight excluding hydrogens is 274 g/mol. The molecular formula is C17H18F2O2. The van der Waals surface area contributed by atoms with Crippen molar-refractivity contribution in [3.63, 3.8) is 0 Å². The first-order valence-corrected chi connectivity index (χ1v) is 6.80. The van der Waals surface area contributed by atoms with E-state index in [-0.39, 0.29) is 12.5 Å². The van der Waals surface area contributed by atoms with Gasteiger partial charge in [-0.25, -0.2) is 8.78 Å². The Balaban J connectivity index is 2.03. The monoisotopic (exact) mass is 292 g/mol. The molecule has 0 aromatic heterocycles. The fraction of sp³-hybridized carbons (Fsp3) is 0.294. The van der Waals surface area contributed by atoms with E-state index in [9.17, 15) is 13.9 Å². The predicted molar refractivity (Wildman–Crippen MR) is 77.3 cm³/mol. The molecule has 0 fully saturated rings. The summed E-state index contributed by atoms with van der Waals surface area (Å²) in [5, 5.41) is 9.48. The van der Waals surface area contributed by atoms with Crippen LogP contribution in [0, 0.1) is 17.6 Å². The summed E-state index contributed by atoms with van der Waals surface area (Å²) in [6.45, 7) is -0.00890. The van der Waals surface area contributed by atoms with Gasteiger partial charge < -0.3 is 9.84 Å². The molecule has 0 radical (unpaired) electrons. The molecule has 0 saturated carbocycles. The third-order valence-corrected chi connectivity index (χ3v) is 3.45. The molecule has 1 N–H and O–H groups in total. The Bertz CT molecular complexity index is 582. The van der Waals surface area contributed by atoms with E-state index in [0.29, 0.717) is 18.4 Å². The number of ether oxygens (including phenoxy) is 1. The standard InChI is InChI=1S/C17H18F2O2/c1-21-15-5-2-12(3-6-15)8-14(11-20)9-13-4-7-16(18)17(19)10-13/h2-7,10,14,20H,8-9,11H2,1H3. The normalized spacial score (nSPS) is 12.2. The highest BCUT2D eigenvalue weighted by Crippen LogP contribution is 2.18. The number of benzene rings is 2. The maximum Gasteiger partial charge on any atom is 0.159 e. The Morgan fingerprint density at radius 1 is 0.952 bits per heavy atom. The van der Waals surface area contributed by atoms with Gasteiger partial charge in [0.1, 0.15) is 5.75 Å². The first-order chi connectivity index (χ1) is 10.1. The van der Waals surface area contributed by atoms with Crippen molar-refractivity contribution in [2.24, 2.45) is 5.92 Å². The lowest BCUT2D eigenvalue weighted by Crippen LogP contribution is -2.13. The zero-order valence-electron chi connectivity index (χ0n) is 11.9. The number of hydrogen-bond acceptors (Lipinski definition) is 2. The summed E-state index contributed by atoms with van der Waals surface area (Å²) in [5.74, 6) is -0.966. The molecule has 4 heteroatoms. The molecule has 2 nitrogen and oxygen atoms in total. The number of aliphatic hydroxyl groups excluding tert-OH is 1. The lowest BCUT2D eigenvalue weighted by Gasteiger charge is -2.15. The molecule has 0 saturated heterocycles. The number of aliphatic hydroxyl groups is 1. The second-order valence-corrected chi connectivity index (χ2v) is 5.05. The van der Waals surface area contributed by atoms with Gasteiger partial charge >= 0.3 is 0 Å². The quantitative estimate of drug-likeness (QED) is 0.884. The van der Waals surface area contributed by atoms with Crippen LogP contribution < -0.4 is 4.74 Å². The van der Waals surface area contributed by atoms with E-state index in [1.807, 2.05) is 24.3 Å². The summed E-state index contributed by atoms with van der Waals surface area (Å²) in [6.07, 6.45) is 1.17. The van der Waals surface area contributed by atoms with Gasteiger partial charge in [0.05, 0.1) is 7.11 Å². The number of methoxy groups -OCH3 is 1. The molecule has 0 aliphatic carbocycles. The van der Waals surface area contributed by atoms with Gasteiger partial charge in [-0.05, 0) is 54.2 Å². The van der Waals surface area contributed by atoms with E-state index < -0.39 is 11.6 Å². The van der Waals surface area contributed by atoms with Crippen LogP contribution in [-0.2, 0) is 12.8 Å². The molecule has 0 heterocycles. The van der Waals surface area contributed by atoms with Gasteiger partial charge in [-0.15, -0.1) is 0 Å². The van der Waals surface area contributed by atoms with Crippen molar-refractivity contribution in [3.8, 4) is 5.75 Å². The highest BCUT2D eigenvalue weighted by Gasteiger charge is 2.12. The highest BCUT2D eigenvalue weighted by molar-refractivity contribution is 5.27. The Morgan fingerprint density at radius 2 is 1.57 bits per heavy atom. The molecule has 2 aromatic carbocycles. The molecule has 0 spiro atoms. The second-order valence-electron chi connectivity index (χ2n) is 5.05. The van der Waals surface area contributed by atoms with Crippen molar-refractivity contribution in [2.45, 2.75) is 12.8 Å². The van der Waals surface area contributed by atoms with Crippen LogP contribution in [-0.4, -0.2) is 18.8 Å². The van der Waals surface area contributed by atoms with Crippen molar-refractivity contribution in [2.75, 3.05) is 13.7 Å². The smallest absolute Gasteiger partial charge is 0.159 e. The van der Waals surface area contributed by atoms with Gasteiger partial charge in [0, 0.05) is 6.61 Å². The van der Waals surface area contributed by atoms with Gasteiger partial charge in [0.2, 0.25) is 0 Å². The second kappa shape index (κ2) is 7.18. The van der Waals surface area contributed by atoms with Crippen LogP contribution in [0.25, 0.3) is 0 Å². The maximum absolute atomic E-state index is 13.2. The maximum atomic E-state index is 13.2. The van der Waals surface area contributed by atoms with E-state index >= 15 is 0 Å². The first kappa shape index (κ1) is 15.4. The van der Waals surface area contributed by atoms with Crippen molar-refractivity contribution >= 4 is 0 Å². The van der Waals surface area contributed by atoms with Crippen molar-refractivity contribution < 1.29 is 18.6 Å². The molecule has 1 unspecified atom stereocenters. The predicted octanol–water partition coefficient (Wildman–Crippen LogP) is 3.37. The average molecular weight is 292 g/mol. The molecule has 0 aliphatic heterocycles. The Hall–Kier alpha value is -1.94. The topological polar surface area (TPSA) is 29.5 Å². The minimum absolute atomic E-state index is 0.00890. The van der Waals surface area contributed by atoms with Crippen molar-refractivity contribution in [1.82, 2.24) is 0 Å². The largest absolute Gasteiger partial charge is 0.497 e. The van der Waals surface area contributed by atoms with Crippen molar-refractivity contribution in [1.29, 1.82) is 0 Å². The third kappa shape index (κ3) is 4.26. The zero-order valence-corrected chi connectivity index (χ0v) is 11.9. The Labute approximate surface area is 123 Å². The van der Waals surface area contributed by atoms with Gasteiger partial charge in [0.15, 0.2) is 11.6 Å². The summed E-state index contributed by atoms with van der Waals surface area (Å²) < 4.78 is 31.2. The summed E-state index contributed by atoms with van der Waals surface area (Å²) in [7, 11) is 1.61. The minimum Gasteiger partial charge on any atom is -0.497 e. The van der Waals surface area contributed by atoms with Crippen LogP contribution in [0.3, 0.4) is 0 Å². The third-order valence-electron chi connectivity index (χ3n) is 3.45. The van der Waals surface area contributed by atoms with E-state index in [1.165, 1.54) is 6.07 Å². The summed E-state index contributed by atoms with van der Waals surface area (Å²) in [6, 6.07) is 11.5. The van der Waals surface area contributed by atoms with Crippen molar-refractivity contribution in [3.05, 3.63) is 65.2 Å². The summed E-state index contributed by atoms with van der Waals surface area (Å²) >= 11 is 0. The van der Waals surface area contributed by atoms with Crippen LogP contribution in [0.1, 0.15) is 11.1 Å². The fourth-order valence-electron chi connectivity index (χ4n) is 2.30. The summed E-state index contributed by atoms with van der Waals surface area (Å²) in [4.78, 5) is 0. The van der Waals surface area contributed by atoms with Gasteiger partial charge in [-0.1, -0.05) is 18.2 Å². The molecule has 2 rings (SSSR count). The molecule has 112 valence electrons. The molecule has 2 aromatic rings. The number of hydrogen-bond donors (Lipinski definition) is 1. The number of halogens is 2. The zero-order chi connectivity index (χ0) is 15.2. The first-order valence-electron chi connectivity index (χ1n) is 6.80. The Kier molecular flexibility index (Phi) is 5.28. The van der Waals surface area contributed by atoms with Crippen LogP contribution in [0.2, 0.25) is 0 Å². The summed E-state index contributed by atoms with van der Waals surface area (Å²) in [5.41, 5.74) is 1.75. The van der Waals surface area contributed by atoms with Crippen LogP contribution in [0.15, 0.2) is 42.5 Å². The van der Waals surface area contributed by atoms with Crippen LogP contribution in [0.5, 0.6) is 5.75 Å². The van der Waals surface area contributed by atoms with Gasteiger partial charge in [-0.2, -0.15) is 0 Å². The lowest BCUT2D eigenvalue weighted by atomic mass is 9.93. The van der Waals surface area contributed by atoms with Crippen LogP contribution in [0.4, 0.5) is 8.78 Å². The van der Waals surface area contributed by atoms with Gasteiger partial charge in [0.25, 0.3) is 0 Å². The number of rotatable bonds is 6. The molecule has 0 aliphatic rings. The van der Waals surface area contributed by atoms with Crippen LogP contribution >= 0.6 is 0 Å². The molecule has 0 bridgehead atoms. The molecule has 1 atom stereocenters. The van der Waals surface area contributed by atoms with Gasteiger partial charge in [-0.3, -0.25) is 0 Å². The highest BCUT2D eigenvalue weighted by atomic mass is 19.2. The molecule has 21 heavy (non-hydrogen) atoms. The molecule has 0 amide bonds. The lowest BCUT2D eigenvalue weighted by molar-refractivity contribution is 0.225.